The molecule has 4 nitrogen and oxygen atoms in total. The lowest BCUT2D eigenvalue weighted by atomic mass is 10.1. The molecule has 29 heavy (non-hydrogen) atoms. The van der Waals surface area contributed by atoms with Gasteiger partial charge in [-0.15, -0.1) is 0 Å². The zero-order chi connectivity index (χ0) is 20.4. The van der Waals surface area contributed by atoms with Crippen molar-refractivity contribution in [3.8, 4) is 0 Å². The number of piperazine rings is 1. The van der Waals surface area contributed by atoms with Gasteiger partial charge in [-0.2, -0.15) is 0 Å². The molecular weight excluding hydrogens is 378 g/mol. The highest BCUT2D eigenvalue weighted by Gasteiger charge is 2.26. The van der Waals surface area contributed by atoms with E-state index in [1.54, 1.807) is 11.8 Å². The number of pyridine rings is 1. The van der Waals surface area contributed by atoms with Gasteiger partial charge in [-0.05, 0) is 50.1 Å². The number of rotatable bonds is 4. The molecule has 3 aromatic rings. The molecule has 1 aromatic heterocycles. The van der Waals surface area contributed by atoms with Crippen LogP contribution >= 0.6 is 11.8 Å². The highest BCUT2D eigenvalue weighted by molar-refractivity contribution is 8.00. The molecule has 0 radical (unpaired) electrons. The van der Waals surface area contributed by atoms with Crippen LogP contribution in [0.4, 0.5) is 5.69 Å². The second-order valence-corrected chi connectivity index (χ2v) is 9.02. The van der Waals surface area contributed by atoms with E-state index in [4.69, 9.17) is 4.98 Å². The van der Waals surface area contributed by atoms with Crippen LogP contribution in [0, 0.1) is 13.8 Å². The largest absolute Gasteiger partial charge is 0.368 e. The number of carbonyl (C=O) groups excluding carboxylic acids is 1. The van der Waals surface area contributed by atoms with Gasteiger partial charge in [0.05, 0.1) is 15.8 Å². The third kappa shape index (κ3) is 4.25. The van der Waals surface area contributed by atoms with E-state index in [0.29, 0.717) is 0 Å². The first-order valence-electron chi connectivity index (χ1n) is 10.2. The van der Waals surface area contributed by atoms with Gasteiger partial charge in [-0.1, -0.05) is 48.2 Å². The number of thioether (sulfide) groups is 1. The summed E-state index contributed by atoms with van der Waals surface area (Å²) in [5.74, 6) is 0.201. The number of benzene rings is 2. The predicted molar refractivity (Wildman–Crippen MR) is 122 cm³/mol. The molecule has 150 valence electrons. The Labute approximate surface area is 176 Å². The van der Waals surface area contributed by atoms with Crippen molar-refractivity contribution in [2.24, 2.45) is 0 Å². The summed E-state index contributed by atoms with van der Waals surface area (Å²) in [7, 11) is 0. The van der Waals surface area contributed by atoms with E-state index >= 15 is 0 Å². The van der Waals surface area contributed by atoms with Gasteiger partial charge < -0.3 is 9.80 Å². The Balaban J connectivity index is 1.41. The van der Waals surface area contributed by atoms with Gasteiger partial charge in [0.1, 0.15) is 0 Å². The summed E-state index contributed by atoms with van der Waals surface area (Å²) >= 11 is 1.56. The second kappa shape index (κ2) is 8.46. The van der Waals surface area contributed by atoms with E-state index in [2.05, 4.69) is 67.3 Å². The maximum Gasteiger partial charge on any atom is 0.235 e. The minimum absolute atomic E-state index is 0.147. The maximum atomic E-state index is 13.0. The lowest BCUT2D eigenvalue weighted by Gasteiger charge is -2.37. The first kappa shape index (κ1) is 19.8. The number of carbonyl (C=O) groups is 1. The van der Waals surface area contributed by atoms with Crippen LogP contribution in [0.25, 0.3) is 10.9 Å². The molecule has 4 rings (SSSR count). The maximum absolute atomic E-state index is 13.0. The first-order valence-corrected chi connectivity index (χ1v) is 11.0. The number of anilines is 1. The van der Waals surface area contributed by atoms with Crippen molar-refractivity contribution in [2.75, 3.05) is 31.1 Å². The minimum Gasteiger partial charge on any atom is -0.368 e. The SMILES string of the molecule is Cc1cc(S[C@H](C)C(=O)N2CCN(c3ccccc3)CC2)nc2c(C)cccc12. The summed E-state index contributed by atoms with van der Waals surface area (Å²) in [5.41, 5.74) is 4.64. The Hall–Kier alpha value is -2.53. The molecule has 1 atom stereocenters. The summed E-state index contributed by atoms with van der Waals surface area (Å²) in [4.78, 5) is 22.2. The summed E-state index contributed by atoms with van der Waals surface area (Å²) in [6.07, 6.45) is 0. The smallest absolute Gasteiger partial charge is 0.235 e. The Morgan fingerprint density at radius 2 is 1.69 bits per heavy atom. The standard InChI is InChI=1S/C24H27N3OS/c1-17-8-7-11-21-18(2)16-22(25-23(17)21)29-19(3)24(28)27-14-12-26(13-15-27)20-9-5-4-6-10-20/h4-11,16,19H,12-15H2,1-3H3/t19-/m1/s1. The number of hydrogen-bond donors (Lipinski definition) is 0. The monoisotopic (exact) mass is 405 g/mol. The Morgan fingerprint density at radius 3 is 2.41 bits per heavy atom. The number of para-hydroxylation sites is 2. The summed E-state index contributed by atoms with van der Waals surface area (Å²) in [6.45, 7) is 9.48. The van der Waals surface area contributed by atoms with Crippen molar-refractivity contribution in [1.29, 1.82) is 0 Å². The molecule has 2 aromatic carbocycles. The normalized spacial score (nSPS) is 15.6. The summed E-state index contributed by atoms with van der Waals surface area (Å²) in [5, 5.41) is 1.96. The van der Waals surface area contributed by atoms with Crippen molar-refractivity contribution in [3.05, 3.63) is 65.7 Å². The molecule has 1 fully saturated rings. The van der Waals surface area contributed by atoms with Crippen LogP contribution in [0.1, 0.15) is 18.1 Å². The van der Waals surface area contributed by atoms with E-state index in [9.17, 15) is 4.79 Å². The molecule has 1 aliphatic heterocycles. The molecule has 2 heterocycles. The molecule has 0 spiro atoms. The lowest BCUT2D eigenvalue weighted by molar-refractivity contribution is -0.130. The van der Waals surface area contributed by atoms with Crippen LogP contribution in [0.3, 0.4) is 0 Å². The molecule has 0 bridgehead atoms. The van der Waals surface area contributed by atoms with Gasteiger partial charge in [-0.25, -0.2) is 4.98 Å². The third-order valence-corrected chi connectivity index (χ3v) is 6.59. The van der Waals surface area contributed by atoms with E-state index in [1.807, 2.05) is 17.9 Å². The zero-order valence-corrected chi connectivity index (χ0v) is 18.1. The van der Waals surface area contributed by atoms with Crippen LogP contribution in [-0.4, -0.2) is 47.2 Å². The minimum atomic E-state index is -0.147. The topological polar surface area (TPSA) is 36.4 Å². The molecule has 0 N–H and O–H groups in total. The van der Waals surface area contributed by atoms with Crippen LogP contribution in [0.5, 0.6) is 0 Å². The van der Waals surface area contributed by atoms with Crippen molar-refractivity contribution < 1.29 is 4.79 Å². The average Bonchev–Trinajstić information content (AvgIpc) is 2.75. The Morgan fingerprint density at radius 1 is 0.966 bits per heavy atom. The molecule has 0 unspecified atom stereocenters. The van der Waals surface area contributed by atoms with Gasteiger partial charge >= 0.3 is 0 Å². The highest BCUT2D eigenvalue weighted by Crippen LogP contribution is 2.29. The van der Waals surface area contributed by atoms with Crippen LogP contribution in [-0.2, 0) is 4.79 Å². The van der Waals surface area contributed by atoms with Gasteiger partial charge in [0.25, 0.3) is 0 Å². The van der Waals surface area contributed by atoms with Gasteiger partial charge in [0.2, 0.25) is 5.91 Å². The van der Waals surface area contributed by atoms with E-state index in [0.717, 1.165) is 36.7 Å². The molecule has 1 amide bonds. The fraction of sp³-hybridized carbons (Fsp3) is 0.333. The number of aromatic nitrogens is 1. The van der Waals surface area contributed by atoms with Crippen molar-refractivity contribution in [3.63, 3.8) is 0 Å². The van der Waals surface area contributed by atoms with Gasteiger partial charge in [0, 0.05) is 37.3 Å². The predicted octanol–water partition coefficient (Wildman–Crippen LogP) is 4.68. The van der Waals surface area contributed by atoms with Crippen molar-refractivity contribution >= 4 is 34.3 Å². The van der Waals surface area contributed by atoms with E-state index < -0.39 is 0 Å². The Bertz CT molecular complexity index is 1010. The van der Waals surface area contributed by atoms with E-state index in [-0.39, 0.29) is 11.2 Å². The quantitative estimate of drug-likeness (QED) is 0.591. The fourth-order valence-electron chi connectivity index (χ4n) is 3.90. The van der Waals surface area contributed by atoms with Gasteiger partial charge in [0.15, 0.2) is 0 Å². The van der Waals surface area contributed by atoms with Crippen molar-refractivity contribution in [2.45, 2.75) is 31.0 Å². The third-order valence-electron chi connectivity index (χ3n) is 5.58. The zero-order valence-electron chi connectivity index (χ0n) is 17.3. The van der Waals surface area contributed by atoms with Crippen LogP contribution in [0.2, 0.25) is 0 Å². The molecule has 5 heteroatoms. The number of hydrogen-bond acceptors (Lipinski definition) is 4. The van der Waals surface area contributed by atoms with Crippen LogP contribution in [0.15, 0.2) is 59.6 Å². The van der Waals surface area contributed by atoms with E-state index in [1.165, 1.54) is 22.2 Å². The molecule has 1 saturated heterocycles. The summed E-state index contributed by atoms with van der Waals surface area (Å²) < 4.78 is 0. The second-order valence-electron chi connectivity index (χ2n) is 7.66. The average molecular weight is 406 g/mol. The lowest BCUT2D eigenvalue weighted by Crippen LogP contribution is -2.50. The number of fused-ring (bicyclic) bond motifs is 1. The molecular formula is C24H27N3OS. The molecule has 1 aliphatic rings. The van der Waals surface area contributed by atoms with Crippen molar-refractivity contribution in [1.82, 2.24) is 9.88 Å². The number of amides is 1. The van der Waals surface area contributed by atoms with Gasteiger partial charge in [-0.3, -0.25) is 4.79 Å². The molecule has 0 aliphatic carbocycles. The first-order chi connectivity index (χ1) is 14.0. The highest BCUT2D eigenvalue weighted by atomic mass is 32.2. The van der Waals surface area contributed by atoms with Crippen LogP contribution < -0.4 is 4.90 Å². The number of aryl methyl sites for hydroxylation is 2. The summed E-state index contributed by atoms with van der Waals surface area (Å²) in [6, 6.07) is 18.8. The fourth-order valence-corrected chi connectivity index (χ4v) is 4.90. The Kier molecular flexibility index (Phi) is 5.76. The number of nitrogens with zero attached hydrogens (tertiary/aromatic N) is 3. The molecule has 0 saturated carbocycles.